The number of carbonyl (C=O) groups excluding carboxylic acids is 1. The molecule has 1 N–H and O–H groups in total. The molecule has 1 aromatic heterocycles. The number of anilines is 1. The van der Waals surface area contributed by atoms with Crippen LogP contribution in [0.2, 0.25) is 0 Å². The molecule has 156 valence electrons. The number of carbonyl (C=O) groups is 1. The number of rotatable bonds is 10. The van der Waals surface area contributed by atoms with E-state index in [-0.39, 0.29) is 5.91 Å². The number of ether oxygens (including phenoxy) is 3. The highest BCUT2D eigenvalue weighted by atomic mass is 79.9. The van der Waals surface area contributed by atoms with E-state index in [9.17, 15) is 4.79 Å². The van der Waals surface area contributed by atoms with Gasteiger partial charge in [-0.1, -0.05) is 30.3 Å². The molecule has 2 aromatic carbocycles. The van der Waals surface area contributed by atoms with E-state index in [0.29, 0.717) is 41.4 Å². The number of amides is 1. The van der Waals surface area contributed by atoms with Crippen LogP contribution in [0.1, 0.15) is 15.9 Å². The number of hydrogen-bond donors (Lipinski definition) is 1. The molecule has 0 aliphatic heterocycles. The van der Waals surface area contributed by atoms with Gasteiger partial charge in [-0.2, -0.15) is 0 Å². The van der Waals surface area contributed by atoms with Crippen molar-refractivity contribution in [3.63, 3.8) is 0 Å². The molecular formula is C23H23BrN2O4. The summed E-state index contributed by atoms with van der Waals surface area (Å²) in [7, 11) is 1.60. The Morgan fingerprint density at radius 1 is 1.00 bits per heavy atom. The van der Waals surface area contributed by atoms with Crippen molar-refractivity contribution in [2.75, 3.05) is 32.2 Å². The van der Waals surface area contributed by atoms with Crippen LogP contribution in [0, 0.1) is 0 Å². The van der Waals surface area contributed by atoms with Crippen LogP contribution < -0.4 is 14.8 Å². The fraction of sp³-hybridized carbons (Fsp3) is 0.217. The molecule has 0 spiro atoms. The predicted octanol–water partition coefficient (Wildman–Crippen LogP) is 4.74. The normalized spacial score (nSPS) is 10.5. The summed E-state index contributed by atoms with van der Waals surface area (Å²) in [5.74, 6) is 0.913. The van der Waals surface area contributed by atoms with Crippen LogP contribution in [0.15, 0.2) is 71.3 Å². The molecule has 6 nitrogen and oxygen atoms in total. The Bertz CT molecular complexity index is 949. The molecule has 0 saturated heterocycles. The summed E-state index contributed by atoms with van der Waals surface area (Å²) >= 11 is 3.38. The van der Waals surface area contributed by atoms with E-state index < -0.39 is 0 Å². The zero-order chi connectivity index (χ0) is 21.2. The van der Waals surface area contributed by atoms with Crippen LogP contribution in [0.3, 0.4) is 0 Å². The summed E-state index contributed by atoms with van der Waals surface area (Å²) in [6.07, 6.45) is 2.32. The zero-order valence-corrected chi connectivity index (χ0v) is 18.2. The Morgan fingerprint density at radius 3 is 2.47 bits per heavy atom. The lowest BCUT2D eigenvalue weighted by Crippen LogP contribution is -2.13. The first-order valence-corrected chi connectivity index (χ1v) is 10.3. The molecule has 0 atom stereocenters. The molecular weight excluding hydrogens is 448 g/mol. The minimum Gasteiger partial charge on any atom is -0.493 e. The highest BCUT2D eigenvalue weighted by molar-refractivity contribution is 9.10. The second-order valence-corrected chi connectivity index (χ2v) is 7.27. The highest BCUT2D eigenvalue weighted by Gasteiger charge is 2.11. The SMILES string of the molecule is COCCOc1ncc(C(=O)Nc2ccc(OCCc3ccccc3)cc2)cc1Br. The van der Waals surface area contributed by atoms with E-state index in [1.165, 1.54) is 11.8 Å². The lowest BCUT2D eigenvalue weighted by atomic mass is 10.2. The van der Waals surface area contributed by atoms with Gasteiger partial charge in [-0.15, -0.1) is 0 Å². The summed E-state index contributed by atoms with van der Waals surface area (Å²) in [5, 5.41) is 2.85. The quantitative estimate of drug-likeness (QED) is 0.433. The van der Waals surface area contributed by atoms with Gasteiger partial charge in [0.1, 0.15) is 12.4 Å². The summed E-state index contributed by atoms with van der Waals surface area (Å²) in [6, 6.07) is 19.1. The standard InChI is InChI=1S/C23H23BrN2O4/c1-28-13-14-30-23-21(24)15-18(16-25-23)22(27)26-19-7-9-20(10-8-19)29-12-11-17-5-3-2-4-6-17/h2-10,15-16H,11-14H2,1H3,(H,26,27). The van der Waals surface area contributed by atoms with Crippen molar-refractivity contribution in [2.45, 2.75) is 6.42 Å². The third-order valence-corrected chi connectivity index (χ3v) is 4.78. The molecule has 30 heavy (non-hydrogen) atoms. The van der Waals surface area contributed by atoms with Gasteiger partial charge in [-0.05, 0) is 51.8 Å². The van der Waals surface area contributed by atoms with Gasteiger partial charge < -0.3 is 19.5 Å². The van der Waals surface area contributed by atoms with Crippen LogP contribution in [0.5, 0.6) is 11.6 Å². The van der Waals surface area contributed by atoms with Gasteiger partial charge in [-0.25, -0.2) is 4.98 Å². The molecule has 0 aliphatic carbocycles. The minimum absolute atomic E-state index is 0.260. The van der Waals surface area contributed by atoms with E-state index in [1.807, 2.05) is 30.3 Å². The van der Waals surface area contributed by atoms with Crippen molar-refractivity contribution in [2.24, 2.45) is 0 Å². The summed E-state index contributed by atoms with van der Waals surface area (Å²) in [4.78, 5) is 16.7. The maximum absolute atomic E-state index is 12.5. The predicted molar refractivity (Wildman–Crippen MR) is 119 cm³/mol. The average molecular weight is 471 g/mol. The third-order valence-electron chi connectivity index (χ3n) is 4.21. The van der Waals surface area contributed by atoms with Crippen molar-refractivity contribution >= 4 is 27.5 Å². The molecule has 0 saturated carbocycles. The van der Waals surface area contributed by atoms with E-state index in [4.69, 9.17) is 14.2 Å². The molecule has 1 heterocycles. The molecule has 3 aromatic rings. The van der Waals surface area contributed by atoms with Crippen molar-refractivity contribution in [1.82, 2.24) is 4.98 Å². The van der Waals surface area contributed by atoms with Crippen LogP contribution >= 0.6 is 15.9 Å². The van der Waals surface area contributed by atoms with Gasteiger partial charge in [0.2, 0.25) is 5.88 Å². The van der Waals surface area contributed by atoms with Gasteiger partial charge >= 0.3 is 0 Å². The number of nitrogens with zero attached hydrogens (tertiary/aromatic N) is 1. The first-order valence-electron chi connectivity index (χ1n) is 9.51. The summed E-state index contributed by atoms with van der Waals surface area (Å²) in [6.45, 7) is 1.43. The van der Waals surface area contributed by atoms with Crippen molar-refractivity contribution in [3.05, 3.63) is 82.5 Å². The molecule has 0 radical (unpaired) electrons. The summed E-state index contributed by atoms with van der Waals surface area (Å²) in [5.41, 5.74) is 2.33. The smallest absolute Gasteiger partial charge is 0.257 e. The average Bonchev–Trinajstić information content (AvgIpc) is 2.77. The Hall–Kier alpha value is -2.90. The van der Waals surface area contributed by atoms with Crippen molar-refractivity contribution in [3.8, 4) is 11.6 Å². The Labute approximate surface area is 184 Å². The van der Waals surface area contributed by atoms with Crippen LogP contribution in [-0.4, -0.2) is 37.8 Å². The van der Waals surface area contributed by atoms with E-state index in [0.717, 1.165) is 12.2 Å². The van der Waals surface area contributed by atoms with Gasteiger partial charge in [0.05, 0.1) is 23.2 Å². The van der Waals surface area contributed by atoms with E-state index in [2.05, 4.69) is 38.4 Å². The molecule has 7 heteroatoms. The number of nitrogens with one attached hydrogen (secondary N) is 1. The summed E-state index contributed by atoms with van der Waals surface area (Å²) < 4.78 is 16.8. The Balaban J connectivity index is 1.51. The van der Waals surface area contributed by atoms with Crippen LogP contribution in [0.4, 0.5) is 5.69 Å². The monoisotopic (exact) mass is 470 g/mol. The van der Waals surface area contributed by atoms with Crippen LogP contribution in [-0.2, 0) is 11.2 Å². The number of methoxy groups -OCH3 is 1. The number of benzene rings is 2. The van der Waals surface area contributed by atoms with E-state index in [1.54, 1.807) is 25.3 Å². The molecule has 1 amide bonds. The lowest BCUT2D eigenvalue weighted by Gasteiger charge is -2.10. The number of aromatic nitrogens is 1. The zero-order valence-electron chi connectivity index (χ0n) is 16.6. The van der Waals surface area contributed by atoms with E-state index >= 15 is 0 Å². The topological polar surface area (TPSA) is 69.7 Å². The third kappa shape index (κ3) is 6.57. The maximum atomic E-state index is 12.5. The number of hydrogen-bond acceptors (Lipinski definition) is 5. The Kier molecular flexibility index (Phi) is 8.23. The fourth-order valence-electron chi connectivity index (χ4n) is 2.65. The fourth-order valence-corrected chi connectivity index (χ4v) is 3.11. The molecule has 0 unspecified atom stereocenters. The van der Waals surface area contributed by atoms with Gasteiger partial charge in [0.15, 0.2) is 0 Å². The van der Waals surface area contributed by atoms with Gasteiger partial charge in [0.25, 0.3) is 5.91 Å². The number of halogens is 1. The second-order valence-electron chi connectivity index (χ2n) is 6.41. The maximum Gasteiger partial charge on any atom is 0.257 e. The molecule has 3 rings (SSSR count). The Morgan fingerprint density at radius 2 is 1.77 bits per heavy atom. The molecule has 0 bridgehead atoms. The number of pyridine rings is 1. The first kappa shape index (κ1) is 21.8. The van der Waals surface area contributed by atoms with Crippen molar-refractivity contribution in [1.29, 1.82) is 0 Å². The van der Waals surface area contributed by atoms with Gasteiger partial charge in [0, 0.05) is 25.4 Å². The lowest BCUT2D eigenvalue weighted by molar-refractivity contribution is 0.102. The largest absolute Gasteiger partial charge is 0.493 e. The molecule has 0 fully saturated rings. The molecule has 0 aliphatic rings. The van der Waals surface area contributed by atoms with Crippen LogP contribution in [0.25, 0.3) is 0 Å². The van der Waals surface area contributed by atoms with Gasteiger partial charge in [-0.3, -0.25) is 4.79 Å². The highest BCUT2D eigenvalue weighted by Crippen LogP contribution is 2.24. The first-order chi connectivity index (χ1) is 14.7. The second kappa shape index (κ2) is 11.3. The minimum atomic E-state index is -0.260. The van der Waals surface area contributed by atoms with Crippen molar-refractivity contribution < 1.29 is 19.0 Å².